The number of unbranched alkanes of at least 4 members (excludes halogenated alkanes) is 5. The van der Waals surface area contributed by atoms with Gasteiger partial charge in [-0.1, -0.05) is 58.8 Å². The minimum absolute atomic E-state index is 0.176. The van der Waals surface area contributed by atoms with Gasteiger partial charge < -0.3 is 14.9 Å². The molecule has 0 aliphatic carbocycles. The Labute approximate surface area is 150 Å². The molecule has 25 heavy (non-hydrogen) atoms. The van der Waals surface area contributed by atoms with E-state index >= 15 is 0 Å². The summed E-state index contributed by atoms with van der Waals surface area (Å²) >= 11 is 0. The summed E-state index contributed by atoms with van der Waals surface area (Å²) in [7, 11) is 0. The van der Waals surface area contributed by atoms with E-state index in [0.29, 0.717) is 6.61 Å². The van der Waals surface area contributed by atoms with Gasteiger partial charge in [0.1, 0.15) is 0 Å². The molecule has 0 aliphatic rings. The molecule has 0 fully saturated rings. The van der Waals surface area contributed by atoms with Crippen LogP contribution in [0.4, 0.5) is 0 Å². The molecular weight excluding hydrogens is 324 g/mol. The zero-order chi connectivity index (χ0) is 20.3. The van der Waals surface area contributed by atoms with Crippen molar-refractivity contribution in [3.63, 3.8) is 0 Å². The average Bonchev–Trinajstić information content (AvgIpc) is 2.54. The number of hydrogen-bond donors (Lipinski definition) is 2. The summed E-state index contributed by atoms with van der Waals surface area (Å²) in [6.07, 6.45) is 8.47. The van der Waals surface area contributed by atoms with E-state index < -0.39 is 11.9 Å². The molecule has 0 aromatic rings. The Kier molecular flexibility index (Phi) is 21.6. The summed E-state index contributed by atoms with van der Waals surface area (Å²) in [4.78, 5) is 29.8. The Hall–Kier alpha value is -2.37. The van der Waals surface area contributed by atoms with Crippen LogP contribution in [0.5, 0.6) is 0 Å². The molecule has 0 saturated heterocycles. The van der Waals surface area contributed by atoms with Crippen molar-refractivity contribution in [2.24, 2.45) is 0 Å². The van der Waals surface area contributed by atoms with Gasteiger partial charge in [-0.3, -0.25) is 0 Å². The number of rotatable bonds is 10. The normalized spacial score (nSPS) is 8.60. The van der Waals surface area contributed by atoms with Gasteiger partial charge in [-0.25, -0.2) is 14.4 Å². The second-order valence-electron chi connectivity index (χ2n) is 5.31. The molecule has 0 radical (unpaired) electrons. The first-order chi connectivity index (χ1) is 11.6. The zero-order valence-electron chi connectivity index (χ0n) is 15.7. The van der Waals surface area contributed by atoms with Crippen molar-refractivity contribution in [1.29, 1.82) is 0 Å². The van der Waals surface area contributed by atoms with Crippen molar-refractivity contribution in [3.8, 4) is 0 Å². The van der Waals surface area contributed by atoms with Crippen LogP contribution in [0.1, 0.15) is 59.3 Å². The molecule has 0 aliphatic heterocycles. The summed E-state index contributed by atoms with van der Waals surface area (Å²) in [5.74, 6) is -2.18. The third-order valence-electron chi connectivity index (χ3n) is 2.64. The number of carboxylic acids is 2. The van der Waals surface area contributed by atoms with E-state index in [-0.39, 0.29) is 17.1 Å². The van der Waals surface area contributed by atoms with Gasteiger partial charge >= 0.3 is 17.9 Å². The van der Waals surface area contributed by atoms with E-state index in [0.717, 1.165) is 12.8 Å². The maximum absolute atomic E-state index is 10.6. The maximum atomic E-state index is 10.6. The standard InChI is InChI=1S/C11H20O2.2C4H6O2/c1-3-5-6-7-8-9-10-13-11(12)4-2;2*1-3(2)4(5)6/h4H,2-3,5-10H2,1H3;2*1H2,2H3,(H,5,6). The Bertz CT molecular complexity index is 389. The monoisotopic (exact) mass is 356 g/mol. The highest BCUT2D eigenvalue weighted by Crippen LogP contribution is 2.04. The van der Waals surface area contributed by atoms with Gasteiger partial charge in [-0.2, -0.15) is 0 Å². The van der Waals surface area contributed by atoms with Gasteiger partial charge in [0.2, 0.25) is 0 Å². The van der Waals surface area contributed by atoms with E-state index in [4.69, 9.17) is 14.9 Å². The molecule has 0 heterocycles. The Morgan fingerprint density at radius 2 is 1.24 bits per heavy atom. The topological polar surface area (TPSA) is 101 Å². The van der Waals surface area contributed by atoms with Crippen LogP contribution in [-0.4, -0.2) is 34.7 Å². The van der Waals surface area contributed by atoms with Gasteiger partial charge in [0.25, 0.3) is 0 Å². The lowest BCUT2D eigenvalue weighted by Crippen LogP contribution is -2.01. The Morgan fingerprint density at radius 3 is 1.56 bits per heavy atom. The molecule has 6 heteroatoms. The minimum atomic E-state index is -0.935. The lowest BCUT2D eigenvalue weighted by Gasteiger charge is -2.01. The van der Waals surface area contributed by atoms with Crippen LogP contribution >= 0.6 is 0 Å². The molecule has 0 bridgehead atoms. The fourth-order valence-corrected chi connectivity index (χ4v) is 1.11. The summed E-state index contributed by atoms with van der Waals surface area (Å²) < 4.78 is 4.84. The Balaban J connectivity index is -0.000000336. The van der Waals surface area contributed by atoms with Gasteiger partial charge in [0, 0.05) is 17.2 Å². The molecule has 2 N–H and O–H groups in total. The largest absolute Gasteiger partial charge is 0.478 e. The van der Waals surface area contributed by atoms with Gasteiger partial charge in [0.15, 0.2) is 0 Å². The smallest absolute Gasteiger partial charge is 0.330 e. The number of carbonyl (C=O) groups excluding carboxylic acids is 1. The van der Waals surface area contributed by atoms with Gasteiger partial charge in [-0.05, 0) is 20.3 Å². The maximum Gasteiger partial charge on any atom is 0.330 e. The van der Waals surface area contributed by atoms with E-state index in [9.17, 15) is 14.4 Å². The van der Waals surface area contributed by atoms with Crippen LogP contribution in [0, 0.1) is 0 Å². The molecule has 0 aromatic heterocycles. The highest BCUT2D eigenvalue weighted by molar-refractivity contribution is 5.85. The molecular formula is C19H32O6. The van der Waals surface area contributed by atoms with Crippen molar-refractivity contribution in [3.05, 3.63) is 37.0 Å². The second kappa shape index (κ2) is 19.7. The van der Waals surface area contributed by atoms with E-state index in [2.05, 4.69) is 26.7 Å². The van der Waals surface area contributed by atoms with Crippen LogP contribution in [0.25, 0.3) is 0 Å². The van der Waals surface area contributed by atoms with E-state index in [1.54, 1.807) is 0 Å². The summed E-state index contributed by atoms with van der Waals surface area (Å²) in [6, 6.07) is 0. The number of carbonyl (C=O) groups is 3. The van der Waals surface area contributed by atoms with Crippen molar-refractivity contribution in [2.75, 3.05) is 6.61 Å². The van der Waals surface area contributed by atoms with Gasteiger partial charge in [0.05, 0.1) is 6.61 Å². The van der Waals surface area contributed by atoms with Crippen molar-refractivity contribution >= 4 is 17.9 Å². The lowest BCUT2D eigenvalue weighted by molar-refractivity contribution is -0.138. The zero-order valence-corrected chi connectivity index (χ0v) is 15.7. The summed E-state index contributed by atoms with van der Waals surface area (Å²) in [5, 5.41) is 15.8. The first-order valence-electron chi connectivity index (χ1n) is 8.16. The molecule has 0 atom stereocenters. The molecule has 0 rings (SSSR count). The molecule has 0 aromatic carbocycles. The average molecular weight is 356 g/mol. The van der Waals surface area contributed by atoms with E-state index in [1.165, 1.54) is 45.6 Å². The van der Waals surface area contributed by atoms with Crippen LogP contribution in [-0.2, 0) is 19.1 Å². The molecule has 144 valence electrons. The highest BCUT2D eigenvalue weighted by Gasteiger charge is 1.94. The summed E-state index contributed by atoms with van der Waals surface area (Å²) in [6.45, 7) is 15.3. The number of hydrogen-bond acceptors (Lipinski definition) is 4. The number of esters is 1. The van der Waals surface area contributed by atoms with Crippen molar-refractivity contribution in [2.45, 2.75) is 59.3 Å². The van der Waals surface area contributed by atoms with Crippen LogP contribution < -0.4 is 0 Å². The second-order valence-corrected chi connectivity index (χ2v) is 5.31. The highest BCUT2D eigenvalue weighted by atomic mass is 16.5. The number of carboxylic acid groups (broad SMARTS) is 2. The molecule has 0 spiro atoms. The molecule has 0 amide bonds. The minimum Gasteiger partial charge on any atom is -0.478 e. The van der Waals surface area contributed by atoms with Crippen LogP contribution in [0.15, 0.2) is 37.0 Å². The van der Waals surface area contributed by atoms with E-state index in [1.807, 2.05) is 0 Å². The molecule has 6 nitrogen and oxygen atoms in total. The SMILES string of the molecule is C=C(C)C(=O)O.C=C(C)C(=O)O.C=CC(=O)OCCCCCCCC. The predicted molar refractivity (Wildman–Crippen MR) is 99.4 cm³/mol. The summed E-state index contributed by atoms with van der Waals surface area (Å²) in [5.41, 5.74) is 0.352. The van der Waals surface area contributed by atoms with Gasteiger partial charge in [-0.15, -0.1) is 0 Å². The van der Waals surface area contributed by atoms with Crippen LogP contribution in [0.3, 0.4) is 0 Å². The lowest BCUT2D eigenvalue weighted by atomic mass is 10.1. The fourth-order valence-electron chi connectivity index (χ4n) is 1.11. The first kappa shape index (κ1) is 27.5. The quantitative estimate of drug-likeness (QED) is 0.342. The van der Waals surface area contributed by atoms with Crippen LogP contribution in [0.2, 0.25) is 0 Å². The van der Waals surface area contributed by atoms with Crippen molar-refractivity contribution in [1.82, 2.24) is 0 Å². The first-order valence-corrected chi connectivity index (χ1v) is 8.16. The third kappa shape index (κ3) is 30.1. The predicted octanol–water partition coefficient (Wildman–Crippen LogP) is 4.37. The fraction of sp³-hybridized carbons (Fsp3) is 0.526. The molecule has 0 unspecified atom stereocenters. The van der Waals surface area contributed by atoms with Crippen molar-refractivity contribution < 1.29 is 29.3 Å². The molecule has 0 saturated carbocycles. The number of ether oxygens (including phenoxy) is 1. The Morgan fingerprint density at radius 1 is 0.880 bits per heavy atom. The number of aliphatic carboxylic acids is 2. The third-order valence-corrected chi connectivity index (χ3v) is 2.64.